The van der Waals surface area contributed by atoms with Gasteiger partial charge in [0.25, 0.3) is 0 Å². The topological polar surface area (TPSA) is 52.4 Å². The van der Waals surface area contributed by atoms with Crippen LogP contribution in [0, 0.1) is 10.1 Å². The van der Waals surface area contributed by atoms with E-state index in [1.807, 2.05) is 6.07 Å². The molecule has 4 nitrogen and oxygen atoms in total. The third-order valence-corrected chi connectivity index (χ3v) is 3.73. The highest BCUT2D eigenvalue weighted by Crippen LogP contribution is 2.42. The second kappa shape index (κ2) is 4.35. The summed E-state index contributed by atoms with van der Waals surface area (Å²) in [5, 5.41) is 11.0. The van der Waals surface area contributed by atoms with Crippen molar-refractivity contribution in [1.82, 2.24) is 0 Å². The van der Waals surface area contributed by atoms with Crippen molar-refractivity contribution >= 4 is 5.69 Å². The Balaban J connectivity index is 2.45. The fraction of sp³-hybridized carbons (Fsp3) is 0.538. The van der Waals surface area contributed by atoms with Crippen molar-refractivity contribution < 1.29 is 9.66 Å². The number of aryl methyl sites for hydroxylation is 1. The van der Waals surface area contributed by atoms with Gasteiger partial charge in [0, 0.05) is 11.6 Å². The smallest absolute Gasteiger partial charge is 0.311 e. The summed E-state index contributed by atoms with van der Waals surface area (Å²) in [5.41, 5.74) is 0.823. The Hall–Kier alpha value is -1.58. The van der Waals surface area contributed by atoms with Gasteiger partial charge in [0.15, 0.2) is 0 Å². The van der Waals surface area contributed by atoms with E-state index in [4.69, 9.17) is 4.74 Å². The molecule has 1 aliphatic rings. The van der Waals surface area contributed by atoms with E-state index in [-0.39, 0.29) is 16.2 Å². The van der Waals surface area contributed by atoms with Crippen molar-refractivity contribution in [3.8, 4) is 5.75 Å². The Kier molecular flexibility index (Phi) is 3.05. The van der Waals surface area contributed by atoms with E-state index in [2.05, 4.69) is 13.8 Å². The molecule has 92 valence electrons. The van der Waals surface area contributed by atoms with E-state index in [9.17, 15) is 10.1 Å². The molecular formula is C13H17NO3. The summed E-state index contributed by atoms with van der Waals surface area (Å²) >= 11 is 0. The van der Waals surface area contributed by atoms with Crippen molar-refractivity contribution in [3.05, 3.63) is 33.9 Å². The van der Waals surface area contributed by atoms with Crippen molar-refractivity contribution in [2.75, 3.05) is 0 Å². The SMILES string of the molecule is CCC1(CC)CCc2cccc([N+](=O)[O-])c2O1. The maximum absolute atomic E-state index is 11.0. The lowest BCUT2D eigenvalue weighted by Crippen LogP contribution is -2.38. The highest BCUT2D eigenvalue weighted by molar-refractivity contribution is 5.53. The second-order valence-corrected chi connectivity index (χ2v) is 4.51. The minimum absolute atomic E-state index is 0.0912. The maximum atomic E-state index is 11.0. The zero-order chi connectivity index (χ0) is 12.5. The monoisotopic (exact) mass is 235 g/mol. The first-order valence-corrected chi connectivity index (χ1v) is 6.07. The first kappa shape index (κ1) is 11.9. The van der Waals surface area contributed by atoms with Crippen LogP contribution in [0.5, 0.6) is 5.75 Å². The average Bonchev–Trinajstić information content (AvgIpc) is 2.37. The largest absolute Gasteiger partial charge is 0.480 e. The third kappa shape index (κ3) is 1.99. The van der Waals surface area contributed by atoms with Gasteiger partial charge in [0.05, 0.1) is 4.92 Å². The number of nitro benzene ring substituents is 1. The van der Waals surface area contributed by atoms with Gasteiger partial charge >= 0.3 is 5.69 Å². The van der Waals surface area contributed by atoms with Gasteiger partial charge in [0.2, 0.25) is 5.75 Å². The predicted octanol–water partition coefficient (Wildman–Crippen LogP) is 3.48. The molecule has 0 radical (unpaired) electrons. The normalized spacial score (nSPS) is 17.1. The van der Waals surface area contributed by atoms with Crippen LogP contribution in [-0.4, -0.2) is 10.5 Å². The van der Waals surface area contributed by atoms with Crippen molar-refractivity contribution in [3.63, 3.8) is 0 Å². The summed E-state index contributed by atoms with van der Waals surface area (Å²) in [6.45, 7) is 4.15. The number of rotatable bonds is 3. The van der Waals surface area contributed by atoms with Gasteiger partial charge in [-0.1, -0.05) is 26.0 Å². The lowest BCUT2D eigenvalue weighted by atomic mass is 9.86. The molecule has 1 aromatic carbocycles. The van der Waals surface area contributed by atoms with Crippen LogP contribution in [0.1, 0.15) is 38.7 Å². The Bertz CT molecular complexity index is 438. The quantitative estimate of drug-likeness (QED) is 0.595. The van der Waals surface area contributed by atoms with Gasteiger partial charge in [0.1, 0.15) is 5.60 Å². The van der Waals surface area contributed by atoms with Crippen LogP contribution in [0.4, 0.5) is 5.69 Å². The Morgan fingerprint density at radius 2 is 2.12 bits per heavy atom. The van der Waals surface area contributed by atoms with E-state index in [1.165, 1.54) is 6.07 Å². The summed E-state index contributed by atoms with van der Waals surface area (Å²) in [7, 11) is 0. The van der Waals surface area contributed by atoms with Gasteiger partial charge in [-0.3, -0.25) is 10.1 Å². The number of hydrogen-bond acceptors (Lipinski definition) is 3. The fourth-order valence-electron chi connectivity index (χ4n) is 2.41. The number of para-hydroxylation sites is 1. The molecule has 0 fully saturated rings. The van der Waals surface area contributed by atoms with Crippen LogP contribution < -0.4 is 4.74 Å². The molecule has 1 heterocycles. The zero-order valence-corrected chi connectivity index (χ0v) is 10.2. The summed E-state index contributed by atoms with van der Waals surface area (Å²) in [4.78, 5) is 10.6. The number of ether oxygens (including phenoxy) is 1. The van der Waals surface area contributed by atoms with E-state index in [0.29, 0.717) is 5.75 Å². The molecule has 0 aromatic heterocycles. The highest BCUT2D eigenvalue weighted by Gasteiger charge is 2.36. The summed E-state index contributed by atoms with van der Waals surface area (Å²) < 4.78 is 5.97. The number of nitrogens with zero attached hydrogens (tertiary/aromatic N) is 1. The molecule has 4 heteroatoms. The highest BCUT2D eigenvalue weighted by atomic mass is 16.6. The van der Waals surface area contributed by atoms with Crippen LogP contribution in [-0.2, 0) is 6.42 Å². The fourth-order valence-corrected chi connectivity index (χ4v) is 2.41. The minimum atomic E-state index is -0.361. The second-order valence-electron chi connectivity index (χ2n) is 4.51. The molecule has 0 N–H and O–H groups in total. The molecular weight excluding hydrogens is 218 g/mol. The predicted molar refractivity (Wildman–Crippen MR) is 65.4 cm³/mol. The van der Waals surface area contributed by atoms with E-state index < -0.39 is 0 Å². The molecule has 0 spiro atoms. The number of nitro groups is 1. The molecule has 17 heavy (non-hydrogen) atoms. The van der Waals surface area contributed by atoms with Crippen molar-refractivity contribution in [1.29, 1.82) is 0 Å². The Morgan fingerprint density at radius 3 is 2.71 bits per heavy atom. The molecule has 1 aromatic rings. The summed E-state index contributed by atoms with van der Waals surface area (Å²) in [6, 6.07) is 5.16. The lowest BCUT2D eigenvalue weighted by molar-refractivity contribution is -0.386. The van der Waals surface area contributed by atoms with E-state index in [1.54, 1.807) is 6.07 Å². The summed E-state index contributed by atoms with van der Waals surface area (Å²) in [6.07, 6.45) is 3.57. The van der Waals surface area contributed by atoms with Crippen molar-refractivity contribution in [2.45, 2.75) is 45.1 Å². The first-order valence-electron chi connectivity index (χ1n) is 6.07. The van der Waals surface area contributed by atoms with E-state index >= 15 is 0 Å². The average molecular weight is 235 g/mol. The Morgan fingerprint density at radius 1 is 1.41 bits per heavy atom. The zero-order valence-electron chi connectivity index (χ0n) is 10.2. The van der Waals surface area contributed by atoms with Crippen LogP contribution in [0.15, 0.2) is 18.2 Å². The van der Waals surface area contributed by atoms with Crippen LogP contribution in [0.2, 0.25) is 0 Å². The van der Waals surface area contributed by atoms with Gasteiger partial charge in [-0.15, -0.1) is 0 Å². The Labute approximate surface area is 101 Å². The molecule has 0 amide bonds. The van der Waals surface area contributed by atoms with Crippen LogP contribution in [0.25, 0.3) is 0 Å². The molecule has 0 unspecified atom stereocenters. The molecule has 1 aliphatic heterocycles. The molecule has 2 rings (SSSR count). The van der Waals surface area contributed by atoms with Crippen LogP contribution >= 0.6 is 0 Å². The summed E-state index contributed by atoms with van der Waals surface area (Å²) in [5.74, 6) is 0.479. The van der Waals surface area contributed by atoms with Crippen LogP contribution in [0.3, 0.4) is 0 Å². The van der Waals surface area contributed by atoms with Crippen molar-refractivity contribution in [2.24, 2.45) is 0 Å². The molecule has 0 saturated carbocycles. The minimum Gasteiger partial charge on any atom is -0.480 e. The molecule has 0 atom stereocenters. The number of hydrogen-bond donors (Lipinski definition) is 0. The molecule has 0 bridgehead atoms. The first-order chi connectivity index (χ1) is 8.12. The maximum Gasteiger partial charge on any atom is 0.311 e. The van der Waals surface area contributed by atoms with Gasteiger partial charge in [-0.05, 0) is 25.7 Å². The van der Waals surface area contributed by atoms with Gasteiger partial charge in [-0.2, -0.15) is 0 Å². The molecule has 0 aliphatic carbocycles. The number of benzene rings is 1. The third-order valence-electron chi connectivity index (χ3n) is 3.73. The van der Waals surface area contributed by atoms with Gasteiger partial charge < -0.3 is 4.74 Å². The number of fused-ring (bicyclic) bond motifs is 1. The van der Waals surface area contributed by atoms with Gasteiger partial charge in [-0.25, -0.2) is 0 Å². The molecule has 0 saturated heterocycles. The van der Waals surface area contributed by atoms with E-state index in [0.717, 1.165) is 31.2 Å². The lowest BCUT2D eigenvalue weighted by Gasteiger charge is -2.37. The standard InChI is InChI=1S/C13H17NO3/c1-3-13(4-2)9-8-10-6-5-7-11(14(15)16)12(10)17-13/h5-7H,3-4,8-9H2,1-2H3.